The molecule has 130 valence electrons. The zero-order chi connectivity index (χ0) is 17.1. The van der Waals surface area contributed by atoms with Crippen LogP contribution in [-0.2, 0) is 4.79 Å². The highest BCUT2D eigenvalue weighted by molar-refractivity contribution is 5.81. The van der Waals surface area contributed by atoms with Gasteiger partial charge in [-0.2, -0.15) is 0 Å². The smallest absolute Gasteiger partial charge is 0.320 e. The summed E-state index contributed by atoms with van der Waals surface area (Å²) >= 11 is 0. The van der Waals surface area contributed by atoms with E-state index in [1.807, 2.05) is 47.1 Å². The number of carbonyl (C=O) groups is 2. The van der Waals surface area contributed by atoms with Crippen LogP contribution in [0.1, 0.15) is 31.4 Å². The number of amides is 3. The standard InChI is InChI=1S/C18H26N4O2/c1-2-20-12-13-22(18(20)24)15-8-10-21(11-9-15)16(17(19)23)14-6-4-3-5-7-14/h3-7,15-16H,2,8-13H2,1H3,(H2,19,23)/t16-/m0/s1. The number of nitrogens with two attached hydrogens (primary N) is 1. The fraction of sp³-hybridized carbons (Fsp3) is 0.556. The molecule has 1 aromatic rings. The van der Waals surface area contributed by atoms with Crippen LogP contribution in [0.25, 0.3) is 0 Å². The van der Waals surface area contributed by atoms with Gasteiger partial charge in [0.05, 0.1) is 0 Å². The van der Waals surface area contributed by atoms with Crippen LogP contribution >= 0.6 is 0 Å². The number of hydrogen-bond donors (Lipinski definition) is 1. The van der Waals surface area contributed by atoms with Gasteiger partial charge in [0.15, 0.2) is 0 Å². The molecule has 2 N–H and O–H groups in total. The van der Waals surface area contributed by atoms with Crippen LogP contribution in [0, 0.1) is 0 Å². The Bertz CT molecular complexity index is 584. The molecule has 3 rings (SSSR count). The third-order valence-electron chi connectivity index (χ3n) is 5.20. The van der Waals surface area contributed by atoms with Crippen molar-refractivity contribution in [1.29, 1.82) is 0 Å². The highest BCUT2D eigenvalue weighted by Crippen LogP contribution is 2.27. The van der Waals surface area contributed by atoms with E-state index in [1.165, 1.54) is 0 Å². The molecular formula is C18H26N4O2. The van der Waals surface area contributed by atoms with Gasteiger partial charge in [0.1, 0.15) is 6.04 Å². The highest BCUT2D eigenvalue weighted by Gasteiger charge is 2.36. The van der Waals surface area contributed by atoms with Crippen molar-refractivity contribution in [3.8, 4) is 0 Å². The molecule has 0 aromatic heterocycles. The molecule has 6 heteroatoms. The molecule has 1 aromatic carbocycles. The van der Waals surface area contributed by atoms with Gasteiger partial charge in [-0.3, -0.25) is 9.69 Å². The Morgan fingerprint density at radius 3 is 2.38 bits per heavy atom. The third kappa shape index (κ3) is 3.24. The van der Waals surface area contributed by atoms with E-state index in [2.05, 4.69) is 4.90 Å². The Hall–Kier alpha value is -2.08. The second kappa shape index (κ2) is 7.21. The summed E-state index contributed by atoms with van der Waals surface area (Å²) in [6, 6.07) is 9.75. The fourth-order valence-electron chi connectivity index (χ4n) is 3.88. The Balaban J connectivity index is 1.64. The number of likely N-dealkylation sites (N-methyl/N-ethyl adjacent to an activating group) is 1. The van der Waals surface area contributed by atoms with Crippen LogP contribution in [0.2, 0.25) is 0 Å². The van der Waals surface area contributed by atoms with Gasteiger partial charge in [0.2, 0.25) is 5.91 Å². The van der Waals surface area contributed by atoms with E-state index in [-0.39, 0.29) is 24.0 Å². The number of hydrogen-bond acceptors (Lipinski definition) is 3. The third-order valence-corrected chi connectivity index (χ3v) is 5.20. The van der Waals surface area contributed by atoms with E-state index < -0.39 is 0 Å². The zero-order valence-corrected chi connectivity index (χ0v) is 14.2. The maximum atomic E-state index is 12.3. The molecule has 2 heterocycles. The molecule has 0 saturated carbocycles. The van der Waals surface area contributed by atoms with Gasteiger partial charge in [0, 0.05) is 38.8 Å². The molecule has 1 atom stereocenters. The minimum absolute atomic E-state index is 0.158. The van der Waals surface area contributed by atoms with E-state index in [0.29, 0.717) is 0 Å². The number of likely N-dealkylation sites (tertiary alicyclic amines) is 1. The number of piperidine rings is 1. The van der Waals surface area contributed by atoms with Crippen molar-refractivity contribution in [2.24, 2.45) is 5.73 Å². The van der Waals surface area contributed by atoms with E-state index >= 15 is 0 Å². The largest absolute Gasteiger partial charge is 0.368 e. The van der Waals surface area contributed by atoms with Gasteiger partial charge in [-0.1, -0.05) is 30.3 Å². The number of nitrogens with zero attached hydrogens (tertiary/aromatic N) is 3. The van der Waals surface area contributed by atoms with Crippen molar-refractivity contribution in [1.82, 2.24) is 14.7 Å². The summed E-state index contributed by atoms with van der Waals surface area (Å²) in [4.78, 5) is 30.4. The molecule has 2 aliphatic rings. The fourth-order valence-corrected chi connectivity index (χ4v) is 3.88. The van der Waals surface area contributed by atoms with Gasteiger partial charge in [-0.05, 0) is 25.3 Å². The Kier molecular flexibility index (Phi) is 5.04. The van der Waals surface area contributed by atoms with E-state index in [4.69, 9.17) is 5.73 Å². The average Bonchev–Trinajstić information content (AvgIpc) is 2.97. The molecule has 0 unspecified atom stereocenters. The molecule has 24 heavy (non-hydrogen) atoms. The van der Waals surface area contributed by atoms with Crippen LogP contribution in [-0.4, -0.2) is 65.4 Å². The molecule has 0 spiro atoms. The molecule has 0 bridgehead atoms. The van der Waals surface area contributed by atoms with E-state index in [1.54, 1.807) is 0 Å². The highest BCUT2D eigenvalue weighted by atomic mass is 16.2. The van der Waals surface area contributed by atoms with Crippen molar-refractivity contribution in [2.45, 2.75) is 31.8 Å². The molecule has 6 nitrogen and oxygen atoms in total. The SMILES string of the molecule is CCN1CCN(C2CCN([C@H](C(N)=O)c3ccccc3)CC2)C1=O. The molecule has 0 radical (unpaired) electrons. The van der Waals surface area contributed by atoms with Crippen LogP contribution in [0.4, 0.5) is 4.79 Å². The lowest BCUT2D eigenvalue weighted by atomic mass is 9.98. The first kappa shape index (κ1) is 16.8. The summed E-state index contributed by atoms with van der Waals surface area (Å²) in [7, 11) is 0. The summed E-state index contributed by atoms with van der Waals surface area (Å²) < 4.78 is 0. The first-order valence-corrected chi connectivity index (χ1v) is 8.75. The second-order valence-corrected chi connectivity index (χ2v) is 6.54. The Labute approximate surface area is 143 Å². The van der Waals surface area contributed by atoms with Crippen molar-refractivity contribution in [3.05, 3.63) is 35.9 Å². The van der Waals surface area contributed by atoms with Gasteiger partial charge >= 0.3 is 6.03 Å². The number of urea groups is 1. The molecular weight excluding hydrogens is 304 g/mol. The zero-order valence-electron chi connectivity index (χ0n) is 14.2. The molecule has 2 fully saturated rings. The topological polar surface area (TPSA) is 69.9 Å². The van der Waals surface area contributed by atoms with Crippen LogP contribution in [0.5, 0.6) is 0 Å². The van der Waals surface area contributed by atoms with Crippen molar-refractivity contribution in [3.63, 3.8) is 0 Å². The van der Waals surface area contributed by atoms with Gasteiger partial charge < -0.3 is 15.5 Å². The van der Waals surface area contributed by atoms with Gasteiger partial charge in [-0.15, -0.1) is 0 Å². The monoisotopic (exact) mass is 330 g/mol. The Morgan fingerprint density at radius 2 is 1.83 bits per heavy atom. The van der Waals surface area contributed by atoms with Crippen LogP contribution < -0.4 is 5.73 Å². The van der Waals surface area contributed by atoms with E-state index in [0.717, 1.165) is 51.1 Å². The Morgan fingerprint density at radius 1 is 1.17 bits per heavy atom. The maximum absolute atomic E-state index is 12.3. The van der Waals surface area contributed by atoms with Crippen molar-refractivity contribution >= 4 is 11.9 Å². The van der Waals surface area contributed by atoms with Crippen LogP contribution in [0.3, 0.4) is 0 Å². The van der Waals surface area contributed by atoms with Crippen molar-refractivity contribution in [2.75, 3.05) is 32.7 Å². The lowest BCUT2D eigenvalue weighted by Gasteiger charge is -2.39. The molecule has 2 saturated heterocycles. The normalized spacial score (nSPS) is 21.3. The van der Waals surface area contributed by atoms with Crippen LogP contribution in [0.15, 0.2) is 30.3 Å². The number of rotatable bonds is 5. The predicted molar refractivity (Wildman–Crippen MR) is 92.3 cm³/mol. The molecule has 2 aliphatic heterocycles. The van der Waals surface area contributed by atoms with Crippen molar-refractivity contribution < 1.29 is 9.59 Å². The van der Waals surface area contributed by atoms with E-state index in [9.17, 15) is 9.59 Å². The minimum Gasteiger partial charge on any atom is -0.368 e. The number of primary amides is 1. The minimum atomic E-state index is -0.381. The maximum Gasteiger partial charge on any atom is 0.320 e. The average molecular weight is 330 g/mol. The van der Waals surface area contributed by atoms with Gasteiger partial charge in [-0.25, -0.2) is 4.79 Å². The summed E-state index contributed by atoms with van der Waals surface area (Å²) in [6.45, 7) is 5.98. The quantitative estimate of drug-likeness (QED) is 0.888. The molecule has 0 aliphatic carbocycles. The summed E-state index contributed by atoms with van der Waals surface area (Å²) in [5.74, 6) is -0.311. The summed E-state index contributed by atoms with van der Waals surface area (Å²) in [5.41, 5.74) is 6.61. The first-order valence-electron chi connectivity index (χ1n) is 8.75. The lowest BCUT2D eigenvalue weighted by molar-refractivity contribution is -0.124. The summed E-state index contributed by atoms with van der Waals surface area (Å²) in [5, 5.41) is 0. The summed E-state index contributed by atoms with van der Waals surface area (Å²) in [6.07, 6.45) is 1.78. The molecule has 3 amide bonds. The second-order valence-electron chi connectivity index (χ2n) is 6.54. The first-order chi connectivity index (χ1) is 11.6. The number of carbonyl (C=O) groups excluding carboxylic acids is 2. The lowest BCUT2D eigenvalue weighted by Crippen LogP contribution is -2.49. The van der Waals surface area contributed by atoms with Gasteiger partial charge in [0.25, 0.3) is 0 Å². The number of benzene rings is 1. The predicted octanol–water partition coefficient (Wildman–Crippen LogP) is 1.43.